The Morgan fingerprint density at radius 1 is 1.33 bits per heavy atom. The molecular formula is C13H24N2O3. The van der Waals surface area contributed by atoms with Crippen molar-refractivity contribution in [1.82, 2.24) is 10.6 Å². The quantitative estimate of drug-likeness (QED) is 0.429. The first kappa shape index (κ1) is 16.6. The molecule has 0 heterocycles. The van der Waals surface area contributed by atoms with Gasteiger partial charge < -0.3 is 15.7 Å². The summed E-state index contributed by atoms with van der Waals surface area (Å²) in [4.78, 5) is 22.1. The summed E-state index contributed by atoms with van der Waals surface area (Å²) >= 11 is 0. The average molecular weight is 256 g/mol. The van der Waals surface area contributed by atoms with Crippen molar-refractivity contribution in [2.75, 3.05) is 13.1 Å². The molecule has 0 saturated heterocycles. The zero-order valence-corrected chi connectivity index (χ0v) is 11.5. The van der Waals surface area contributed by atoms with Crippen LogP contribution >= 0.6 is 0 Å². The molecule has 0 bridgehead atoms. The summed E-state index contributed by atoms with van der Waals surface area (Å²) in [5.41, 5.74) is 0.395. The minimum Gasteiger partial charge on any atom is -0.478 e. The Morgan fingerprint density at radius 3 is 2.50 bits per heavy atom. The van der Waals surface area contributed by atoms with Crippen LogP contribution in [0.15, 0.2) is 11.6 Å². The highest BCUT2D eigenvalue weighted by Gasteiger charge is 2.05. The number of hydrogen-bond acceptors (Lipinski definition) is 3. The number of carboxylic acid groups (broad SMARTS) is 1. The molecule has 0 fully saturated rings. The van der Waals surface area contributed by atoms with Crippen molar-refractivity contribution < 1.29 is 14.7 Å². The average Bonchev–Trinajstić information content (AvgIpc) is 2.32. The summed E-state index contributed by atoms with van der Waals surface area (Å²) in [6.45, 7) is 6.82. The number of carbonyl (C=O) groups is 2. The Kier molecular flexibility index (Phi) is 8.92. The van der Waals surface area contributed by atoms with Gasteiger partial charge in [0.15, 0.2) is 0 Å². The van der Waals surface area contributed by atoms with Crippen LogP contribution in [0.1, 0.15) is 40.0 Å². The van der Waals surface area contributed by atoms with Crippen LogP contribution in [0.3, 0.4) is 0 Å². The number of hydrogen-bond donors (Lipinski definition) is 3. The summed E-state index contributed by atoms with van der Waals surface area (Å²) in [6, 6.07) is 0.205. The first-order valence-electron chi connectivity index (χ1n) is 6.43. The van der Waals surface area contributed by atoms with Crippen LogP contribution < -0.4 is 10.6 Å². The van der Waals surface area contributed by atoms with Crippen LogP contribution in [0.5, 0.6) is 0 Å². The van der Waals surface area contributed by atoms with Gasteiger partial charge in [0, 0.05) is 31.1 Å². The fourth-order valence-corrected chi connectivity index (χ4v) is 1.33. The van der Waals surface area contributed by atoms with Gasteiger partial charge in [0.2, 0.25) is 5.91 Å². The van der Waals surface area contributed by atoms with E-state index in [0.29, 0.717) is 31.5 Å². The van der Waals surface area contributed by atoms with E-state index in [2.05, 4.69) is 10.6 Å². The number of nitrogens with one attached hydrogen (secondary N) is 2. The van der Waals surface area contributed by atoms with Gasteiger partial charge in [-0.25, -0.2) is 4.79 Å². The number of aliphatic carboxylic acids is 1. The molecular weight excluding hydrogens is 232 g/mol. The lowest BCUT2D eigenvalue weighted by molar-refractivity contribution is -0.132. The molecule has 5 nitrogen and oxygen atoms in total. The Morgan fingerprint density at radius 2 is 2.00 bits per heavy atom. The topological polar surface area (TPSA) is 78.4 Å². The van der Waals surface area contributed by atoms with Crippen molar-refractivity contribution in [3.05, 3.63) is 11.6 Å². The smallest absolute Gasteiger partial charge is 0.331 e. The predicted molar refractivity (Wildman–Crippen MR) is 71.4 cm³/mol. The molecule has 0 aromatic rings. The second-order valence-corrected chi connectivity index (χ2v) is 4.22. The minimum atomic E-state index is -0.881. The van der Waals surface area contributed by atoms with Crippen molar-refractivity contribution in [1.29, 1.82) is 0 Å². The third-order valence-electron chi connectivity index (χ3n) is 2.70. The number of amides is 1. The molecule has 0 rings (SSSR count). The van der Waals surface area contributed by atoms with Gasteiger partial charge in [-0.05, 0) is 19.8 Å². The molecule has 1 unspecified atom stereocenters. The van der Waals surface area contributed by atoms with Crippen LogP contribution in [0.4, 0.5) is 0 Å². The minimum absolute atomic E-state index is 0.0229. The fraction of sp³-hybridized carbons (Fsp3) is 0.692. The van der Waals surface area contributed by atoms with Crippen LogP contribution in [-0.4, -0.2) is 36.1 Å². The van der Waals surface area contributed by atoms with Gasteiger partial charge in [-0.15, -0.1) is 0 Å². The normalized spacial score (nSPS) is 13.2. The molecule has 0 aromatic carbocycles. The molecule has 0 saturated carbocycles. The largest absolute Gasteiger partial charge is 0.478 e. The van der Waals surface area contributed by atoms with Gasteiger partial charge in [-0.1, -0.05) is 19.9 Å². The second-order valence-electron chi connectivity index (χ2n) is 4.22. The molecule has 0 aliphatic heterocycles. The molecule has 0 aromatic heterocycles. The zero-order chi connectivity index (χ0) is 14.0. The highest BCUT2D eigenvalue weighted by Crippen LogP contribution is 1.98. The second kappa shape index (κ2) is 9.65. The van der Waals surface area contributed by atoms with Crippen molar-refractivity contribution in [3.63, 3.8) is 0 Å². The molecule has 5 heteroatoms. The SMILES string of the molecule is CC/C(=C/CNCCC(=O)NC(C)CC)C(=O)O. The lowest BCUT2D eigenvalue weighted by atomic mass is 10.2. The summed E-state index contributed by atoms with van der Waals surface area (Å²) < 4.78 is 0. The number of rotatable bonds is 9. The van der Waals surface area contributed by atoms with Gasteiger partial charge >= 0.3 is 5.97 Å². The van der Waals surface area contributed by atoms with E-state index in [1.807, 2.05) is 13.8 Å². The molecule has 18 heavy (non-hydrogen) atoms. The molecule has 0 spiro atoms. The van der Waals surface area contributed by atoms with E-state index in [-0.39, 0.29) is 11.9 Å². The molecule has 104 valence electrons. The highest BCUT2D eigenvalue weighted by molar-refractivity contribution is 5.86. The van der Waals surface area contributed by atoms with E-state index in [1.165, 1.54) is 0 Å². The van der Waals surface area contributed by atoms with Gasteiger partial charge in [-0.2, -0.15) is 0 Å². The number of carboxylic acids is 1. The van der Waals surface area contributed by atoms with Crippen LogP contribution in [0.2, 0.25) is 0 Å². The summed E-state index contributed by atoms with van der Waals surface area (Å²) in [6.07, 6.45) is 3.48. The lowest BCUT2D eigenvalue weighted by Gasteiger charge is -2.11. The third-order valence-corrected chi connectivity index (χ3v) is 2.70. The summed E-state index contributed by atoms with van der Waals surface area (Å²) in [7, 11) is 0. The van der Waals surface area contributed by atoms with Crippen molar-refractivity contribution >= 4 is 11.9 Å². The van der Waals surface area contributed by atoms with E-state index in [1.54, 1.807) is 13.0 Å². The molecule has 0 radical (unpaired) electrons. The van der Waals surface area contributed by atoms with Crippen molar-refractivity contribution in [2.45, 2.75) is 46.1 Å². The molecule has 0 aliphatic rings. The maximum Gasteiger partial charge on any atom is 0.331 e. The fourth-order valence-electron chi connectivity index (χ4n) is 1.33. The molecule has 1 atom stereocenters. The van der Waals surface area contributed by atoms with E-state index >= 15 is 0 Å². The van der Waals surface area contributed by atoms with Gasteiger partial charge in [0.05, 0.1) is 0 Å². The van der Waals surface area contributed by atoms with Crippen LogP contribution in [0, 0.1) is 0 Å². The van der Waals surface area contributed by atoms with E-state index in [4.69, 9.17) is 5.11 Å². The van der Waals surface area contributed by atoms with E-state index < -0.39 is 5.97 Å². The Balaban J connectivity index is 3.74. The molecule has 0 aliphatic carbocycles. The summed E-state index contributed by atoms with van der Waals surface area (Å²) in [5.74, 6) is -0.858. The monoisotopic (exact) mass is 256 g/mol. The van der Waals surface area contributed by atoms with Gasteiger partial charge in [-0.3, -0.25) is 4.79 Å². The van der Waals surface area contributed by atoms with E-state index in [9.17, 15) is 9.59 Å². The maximum atomic E-state index is 11.4. The van der Waals surface area contributed by atoms with Crippen molar-refractivity contribution in [2.24, 2.45) is 0 Å². The standard InChI is InChI=1S/C13H24N2O3/c1-4-10(3)15-12(16)7-9-14-8-6-11(5-2)13(17)18/h6,10,14H,4-5,7-9H2,1-3H3,(H,15,16)(H,17,18)/b11-6-. The zero-order valence-electron chi connectivity index (χ0n) is 11.5. The molecule has 3 N–H and O–H groups in total. The highest BCUT2D eigenvalue weighted by atomic mass is 16.4. The first-order valence-corrected chi connectivity index (χ1v) is 6.43. The predicted octanol–water partition coefficient (Wildman–Crippen LogP) is 1.30. The Labute approximate surface area is 109 Å². The van der Waals surface area contributed by atoms with Crippen LogP contribution in [0.25, 0.3) is 0 Å². The number of carbonyl (C=O) groups excluding carboxylic acids is 1. The maximum absolute atomic E-state index is 11.4. The van der Waals surface area contributed by atoms with Crippen molar-refractivity contribution in [3.8, 4) is 0 Å². The van der Waals surface area contributed by atoms with E-state index in [0.717, 1.165) is 6.42 Å². The van der Waals surface area contributed by atoms with Crippen LogP contribution in [-0.2, 0) is 9.59 Å². The Hall–Kier alpha value is -1.36. The van der Waals surface area contributed by atoms with Gasteiger partial charge in [0.1, 0.15) is 0 Å². The third kappa shape index (κ3) is 7.84. The molecule has 1 amide bonds. The Bertz CT molecular complexity index is 301. The first-order chi connectivity index (χ1) is 8.51. The van der Waals surface area contributed by atoms with Gasteiger partial charge in [0.25, 0.3) is 0 Å². The lowest BCUT2D eigenvalue weighted by Crippen LogP contribution is -2.34. The summed E-state index contributed by atoms with van der Waals surface area (Å²) in [5, 5.41) is 14.7.